The fraction of sp³-hybridized carbons (Fsp3) is 0.188. The Morgan fingerprint density at radius 3 is 2.30 bits per heavy atom. The van der Waals surface area contributed by atoms with Crippen LogP contribution in [0.3, 0.4) is 0 Å². The Morgan fingerprint density at radius 2 is 1.70 bits per heavy atom. The van der Waals surface area contributed by atoms with Crippen molar-refractivity contribution in [3.8, 4) is 11.5 Å². The molecule has 104 valence electrons. The number of carbonyl (C=O) groups is 1. The number of ether oxygens (including phenoxy) is 2. The normalized spacial score (nSPS) is 10.2. The lowest BCUT2D eigenvalue weighted by Crippen LogP contribution is -2.04. The summed E-state index contributed by atoms with van der Waals surface area (Å²) in [6, 6.07) is 10.3. The summed E-state index contributed by atoms with van der Waals surface area (Å²) >= 11 is 5.91. The minimum atomic E-state index is -0.0693. The van der Waals surface area contributed by atoms with E-state index in [1.54, 1.807) is 50.6 Å². The van der Waals surface area contributed by atoms with Crippen LogP contribution in [0, 0.1) is 6.92 Å². The quantitative estimate of drug-likeness (QED) is 0.801. The van der Waals surface area contributed by atoms with Crippen molar-refractivity contribution in [2.24, 2.45) is 0 Å². The van der Waals surface area contributed by atoms with Gasteiger partial charge in [-0.3, -0.25) is 4.79 Å². The SMILES string of the molecule is COc1ccc(C(=O)c2ccc(Cl)cc2C)cc1OC. The molecule has 20 heavy (non-hydrogen) atoms. The molecule has 2 aromatic carbocycles. The third kappa shape index (κ3) is 2.78. The molecule has 0 saturated carbocycles. The first kappa shape index (κ1) is 14.4. The van der Waals surface area contributed by atoms with Crippen LogP contribution in [0.15, 0.2) is 36.4 Å². The molecule has 0 aliphatic rings. The van der Waals surface area contributed by atoms with Crippen molar-refractivity contribution in [3.05, 3.63) is 58.1 Å². The fourth-order valence-electron chi connectivity index (χ4n) is 2.01. The first-order valence-electron chi connectivity index (χ1n) is 6.09. The summed E-state index contributed by atoms with van der Waals surface area (Å²) in [7, 11) is 3.10. The maximum atomic E-state index is 12.5. The summed E-state index contributed by atoms with van der Waals surface area (Å²) < 4.78 is 10.4. The Balaban J connectivity index is 2.43. The zero-order chi connectivity index (χ0) is 14.7. The summed E-state index contributed by atoms with van der Waals surface area (Å²) in [5.74, 6) is 1.06. The summed E-state index contributed by atoms with van der Waals surface area (Å²) in [5, 5.41) is 0.617. The molecule has 0 aliphatic heterocycles. The van der Waals surface area contributed by atoms with Gasteiger partial charge in [0.2, 0.25) is 0 Å². The van der Waals surface area contributed by atoms with Gasteiger partial charge in [-0.2, -0.15) is 0 Å². The maximum Gasteiger partial charge on any atom is 0.193 e. The molecular weight excluding hydrogens is 276 g/mol. The standard InChI is InChI=1S/C16H15ClO3/c1-10-8-12(17)5-6-13(10)16(18)11-4-7-14(19-2)15(9-11)20-3/h4-9H,1-3H3. The molecule has 2 rings (SSSR count). The zero-order valence-corrected chi connectivity index (χ0v) is 12.3. The molecule has 0 spiro atoms. The Morgan fingerprint density at radius 1 is 1.00 bits per heavy atom. The van der Waals surface area contributed by atoms with Gasteiger partial charge in [0, 0.05) is 16.1 Å². The molecule has 0 saturated heterocycles. The van der Waals surface area contributed by atoms with Crippen molar-refractivity contribution in [3.63, 3.8) is 0 Å². The molecule has 0 unspecified atom stereocenters. The summed E-state index contributed by atoms with van der Waals surface area (Å²) in [6.45, 7) is 1.86. The molecule has 0 atom stereocenters. The number of benzene rings is 2. The van der Waals surface area contributed by atoms with Crippen LogP contribution in [0.1, 0.15) is 21.5 Å². The predicted octanol–water partition coefficient (Wildman–Crippen LogP) is 3.90. The van der Waals surface area contributed by atoms with E-state index in [0.29, 0.717) is 27.6 Å². The Kier molecular flexibility index (Phi) is 4.30. The van der Waals surface area contributed by atoms with E-state index in [4.69, 9.17) is 21.1 Å². The van der Waals surface area contributed by atoms with E-state index in [1.807, 2.05) is 6.92 Å². The molecule has 0 bridgehead atoms. The molecule has 0 fully saturated rings. The number of aryl methyl sites for hydroxylation is 1. The smallest absolute Gasteiger partial charge is 0.193 e. The van der Waals surface area contributed by atoms with Crippen molar-refractivity contribution in [1.29, 1.82) is 0 Å². The molecule has 4 heteroatoms. The van der Waals surface area contributed by atoms with Gasteiger partial charge in [-0.1, -0.05) is 11.6 Å². The third-order valence-electron chi connectivity index (χ3n) is 3.08. The van der Waals surface area contributed by atoms with Crippen LogP contribution in [0.5, 0.6) is 11.5 Å². The highest BCUT2D eigenvalue weighted by Crippen LogP contribution is 2.29. The van der Waals surface area contributed by atoms with Crippen molar-refractivity contribution in [2.45, 2.75) is 6.92 Å². The highest BCUT2D eigenvalue weighted by atomic mass is 35.5. The summed E-state index contributed by atoms with van der Waals surface area (Å²) in [5.41, 5.74) is 2.02. The predicted molar refractivity (Wildman–Crippen MR) is 79.2 cm³/mol. The number of carbonyl (C=O) groups excluding carboxylic acids is 1. The average Bonchev–Trinajstić information content (AvgIpc) is 2.45. The van der Waals surface area contributed by atoms with Crippen molar-refractivity contribution in [1.82, 2.24) is 0 Å². The molecule has 0 heterocycles. The lowest BCUT2D eigenvalue weighted by Gasteiger charge is -2.10. The van der Waals surface area contributed by atoms with E-state index in [1.165, 1.54) is 0 Å². The van der Waals surface area contributed by atoms with Crippen LogP contribution in [-0.4, -0.2) is 20.0 Å². The third-order valence-corrected chi connectivity index (χ3v) is 3.31. The molecule has 2 aromatic rings. The van der Waals surface area contributed by atoms with E-state index in [-0.39, 0.29) is 5.78 Å². The van der Waals surface area contributed by atoms with Crippen LogP contribution >= 0.6 is 11.6 Å². The summed E-state index contributed by atoms with van der Waals surface area (Å²) in [6.07, 6.45) is 0. The second-order valence-electron chi connectivity index (χ2n) is 4.36. The van der Waals surface area contributed by atoms with Gasteiger partial charge in [-0.25, -0.2) is 0 Å². The topological polar surface area (TPSA) is 35.5 Å². The second-order valence-corrected chi connectivity index (χ2v) is 4.79. The minimum absolute atomic E-state index is 0.0693. The van der Waals surface area contributed by atoms with Gasteiger partial charge in [0.05, 0.1) is 14.2 Å². The van der Waals surface area contributed by atoms with E-state index in [9.17, 15) is 4.79 Å². The van der Waals surface area contributed by atoms with Crippen molar-refractivity contribution < 1.29 is 14.3 Å². The Hall–Kier alpha value is -2.00. The van der Waals surface area contributed by atoms with E-state index in [0.717, 1.165) is 5.56 Å². The number of rotatable bonds is 4. The van der Waals surface area contributed by atoms with E-state index < -0.39 is 0 Å². The van der Waals surface area contributed by atoms with Gasteiger partial charge in [0.15, 0.2) is 17.3 Å². The second kappa shape index (κ2) is 5.97. The average molecular weight is 291 g/mol. The van der Waals surface area contributed by atoms with Crippen LogP contribution in [-0.2, 0) is 0 Å². The molecule has 0 amide bonds. The van der Waals surface area contributed by atoms with Gasteiger partial charge in [-0.05, 0) is 48.9 Å². The number of methoxy groups -OCH3 is 2. The number of hydrogen-bond acceptors (Lipinski definition) is 3. The first-order chi connectivity index (χ1) is 9.56. The lowest BCUT2D eigenvalue weighted by atomic mass is 9.99. The largest absolute Gasteiger partial charge is 0.493 e. The molecule has 0 N–H and O–H groups in total. The molecular formula is C16H15ClO3. The van der Waals surface area contributed by atoms with Gasteiger partial charge >= 0.3 is 0 Å². The minimum Gasteiger partial charge on any atom is -0.493 e. The van der Waals surface area contributed by atoms with Crippen LogP contribution in [0.4, 0.5) is 0 Å². The highest BCUT2D eigenvalue weighted by Gasteiger charge is 2.14. The van der Waals surface area contributed by atoms with Crippen molar-refractivity contribution >= 4 is 17.4 Å². The Labute approximate surface area is 123 Å². The highest BCUT2D eigenvalue weighted by molar-refractivity contribution is 6.30. The maximum absolute atomic E-state index is 12.5. The van der Waals surface area contributed by atoms with Crippen molar-refractivity contribution in [2.75, 3.05) is 14.2 Å². The Bertz CT molecular complexity index is 650. The number of hydrogen-bond donors (Lipinski definition) is 0. The van der Waals surface area contributed by atoms with Crippen LogP contribution < -0.4 is 9.47 Å². The van der Waals surface area contributed by atoms with Gasteiger partial charge in [-0.15, -0.1) is 0 Å². The van der Waals surface area contributed by atoms with Gasteiger partial charge in [0.1, 0.15) is 0 Å². The van der Waals surface area contributed by atoms with E-state index in [2.05, 4.69) is 0 Å². The number of halogens is 1. The molecule has 3 nitrogen and oxygen atoms in total. The van der Waals surface area contributed by atoms with Crippen LogP contribution in [0.25, 0.3) is 0 Å². The van der Waals surface area contributed by atoms with Gasteiger partial charge < -0.3 is 9.47 Å². The zero-order valence-electron chi connectivity index (χ0n) is 11.6. The molecule has 0 aliphatic carbocycles. The molecule has 0 radical (unpaired) electrons. The first-order valence-corrected chi connectivity index (χ1v) is 6.47. The van der Waals surface area contributed by atoms with Crippen LogP contribution in [0.2, 0.25) is 5.02 Å². The molecule has 0 aromatic heterocycles. The number of ketones is 1. The van der Waals surface area contributed by atoms with Gasteiger partial charge in [0.25, 0.3) is 0 Å². The lowest BCUT2D eigenvalue weighted by molar-refractivity contribution is 0.103. The monoisotopic (exact) mass is 290 g/mol. The van der Waals surface area contributed by atoms with E-state index >= 15 is 0 Å². The summed E-state index contributed by atoms with van der Waals surface area (Å²) in [4.78, 5) is 12.5. The fourth-order valence-corrected chi connectivity index (χ4v) is 2.24.